The molecule has 1 aliphatic rings. The molecule has 0 spiro atoms. The smallest absolute Gasteiger partial charge is 0.0991 e. The molecular weight excluding hydrogens is 282 g/mol. The minimum Gasteiger partial charge on any atom is -0.374 e. The van der Waals surface area contributed by atoms with E-state index in [2.05, 4.69) is 59.5 Å². The number of nitrogens with one attached hydrogen (secondary N) is 1. The van der Waals surface area contributed by atoms with Gasteiger partial charge in [0.2, 0.25) is 0 Å². The molecule has 2 unspecified atom stereocenters. The molecule has 2 atom stereocenters. The molecule has 1 saturated carbocycles. The van der Waals surface area contributed by atoms with Gasteiger partial charge in [0.1, 0.15) is 0 Å². The summed E-state index contributed by atoms with van der Waals surface area (Å²) in [6.45, 7) is 1.07. The van der Waals surface area contributed by atoms with Gasteiger partial charge in [-0.05, 0) is 54.2 Å². The van der Waals surface area contributed by atoms with E-state index in [1.54, 1.807) is 0 Å². The zero-order chi connectivity index (χ0) is 15.8. The Morgan fingerprint density at radius 3 is 2.83 bits per heavy atom. The van der Waals surface area contributed by atoms with E-state index in [1.165, 1.54) is 23.1 Å². The number of rotatable bonds is 4. The van der Waals surface area contributed by atoms with Gasteiger partial charge in [-0.2, -0.15) is 5.26 Å². The lowest BCUT2D eigenvalue weighted by molar-refractivity contribution is 0.762. The van der Waals surface area contributed by atoms with E-state index >= 15 is 0 Å². The van der Waals surface area contributed by atoms with Crippen molar-refractivity contribution in [1.29, 1.82) is 5.26 Å². The molecule has 1 aromatic heterocycles. The highest BCUT2D eigenvalue weighted by molar-refractivity contribution is 5.85. The number of H-pyrrole nitrogens is 1. The van der Waals surface area contributed by atoms with Crippen LogP contribution < -0.4 is 4.90 Å². The van der Waals surface area contributed by atoms with Crippen molar-refractivity contribution in [2.24, 2.45) is 5.92 Å². The third-order valence-corrected chi connectivity index (χ3v) is 4.87. The van der Waals surface area contributed by atoms with Crippen LogP contribution in [0.25, 0.3) is 10.9 Å². The second-order valence-electron chi connectivity index (χ2n) is 6.43. The number of benzene rings is 2. The lowest BCUT2D eigenvalue weighted by Gasteiger charge is -2.19. The predicted molar refractivity (Wildman–Crippen MR) is 93.6 cm³/mol. The van der Waals surface area contributed by atoms with Crippen molar-refractivity contribution >= 4 is 16.6 Å². The fourth-order valence-corrected chi connectivity index (χ4v) is 3.49. The van der Waals surface area contributed by atoms with Crippen LogP contribution in [0.3, 0.4) is 0 Å². The third-order valence-electron chi connectivity index (χ3n) is 4.87. The van der Waals surface area contributed by atoms with Crippen molar-refractivity contribution in [3.05, 3.63) is 65.9 Å². The molecule has 2 aromatic carbocycles. The number of aromatic nitrogens is 1. The molecule has 0 aliphatic heterocycles. The molecule has 114 valence electrons. The predicted octanol–water partition coefficient (Wildman–Crippen LogP) is 4.28. The average molecular weight is 301 g/mol. The van der Waals surface area contributed by atoms with Crippen LogP contribution in [-0.4, -0.2) is 18.6 Å². The molecule has 1 heterocycles. The molecule has 3 heteroatoms. The lowest BCUT2D eigenvalue weighted by atomic mass is 10.1. The summed E-state index contributed by atoms with van der Waals surface area (Å²) in [5.41, 5.74) is 4.49. The first kappa shape index (κ1) is 13.9. The Morgan fingerprint density at radius 2 is 2.04 bits per heavy atom. The van der Waals surface area contributed by atoms with E-state index in [1.807, 2.05) is 18.2 Å². The molecule has 1 N–H and O–H groups in total. The standard InChI is InChI=1S/C20H19N3/c1-23(16-5-3-2-4-6-16)13-15-10-17(15)19-12-22-20-8-7-14(11-21)9-18(19)20/h2-9,12,15,17,22H,10,13H2,1H3. The summed E-state index contributed by atoms with van der Waals surface area (Å²) in [5, 5.41) is 10.3. The van der Waals surface area contributed by atoms with Crippen LogP contribution in [0.1, 0.15) is 23.5 Å². The van der Waals surface area contributed by atoms with Crippen LogP contribution in [0.15, 0.2) is 54.7 Å². The summed E-state index contributed by atoms with van der Waals surface area (Å²) in [7, 11) is 2.16. The zero-order valence-corrected chi connectivity index (χ0v) is 13.2. The van der Waals surface area contributed by atoms with E-state index < -0.39 is 0 Å². The minimum atomic E-state index is 0.601. The van der Waals surface area contributed by atoms with Gasteiger partial charge in [0.05, 0.1) is 11.6 Å². The van der Waals surface area contributed by atoms with E-state index in [4.69, 9.17) is 5.26 Å². The number of aromatic amines is 1. The van der Waals surface area contributed by atoms with E-state index in [0.717, 1.165) is 17.6 Å². The van der Waals surface area contributed by atoms with Gasteiger partial charge in [-0.25, -0.2) is 0 Å². The molecule has 4 rings (SSSR count). The highest BCUT2D eigenvalue weighted by Crippen LogP contribution is 2.50. The Balaban J connectivity index is 1.52. The van der Waals surface area contributed by atoms with E-state index in [9.17, 15) is 0 Å². The van der Waals surface area contributed by atoms with E-state index in [0.29, 0.717) is 11.8 Å². The van der Waals surface area contributed by atoms with Gasteiger partial charge in [-0.3, -0.25) is 0 Å². The Morgan fingerprint density at radius 1 is 1.22 bits per heavy atom. The minimum absolute atomic E-state index is 0.601. The third kappa shape index (κ3) is 2.57. The monoisotopic (exact) mass is 301 g/mol. The van der Waals surface area contributed by atoms with Gasteiger partial charge in [-0.1, -0.05) is 18.2 Å². The lowest BCUT2D eigenvalue weighted by Crippen LogP contribution is -2.20. The molecule has 0 bridgehead atoms. The van der Waals surface area contributed by atoms with E-state index in [-0.39, 0.29) is 0 Å². The van der Waals surface area contributed by atoms with Gasteiger partial charge in [0.15, 0.2) is 0 Å². The highest BCUT2D eigenvalue weighted by atomic mass is 15.1. The van der Waals surface area contributed by atoms with Gasteiger partial charge in [0.25, 0.3) is 0 Å². The van der Waals surface area contributed by atoms with Crippen molar-refractivity contribution in [2.75, 3.05) is 18.5 Å². The average Bonchev–Trinajstić information content (AvgIpc) is 3.22. The second-order valence-corrected chi connectivity index (χ2v) is 6.43. The fourth-order valence-electron chi connectivity index (χ4n) is 3.49. The Labute approximate surface area is 136 Å². The Kier molecular flexibility index (Phi) is 3.31. The van der Waals surface area contributed by atoms with Crippen LogP contribution in [0.5, 0.6) is 0 Å². The second kappa shape index (κ2) is 5.48. The van der Waals surface area contributed by atoms with Gasteiger partial charge >= 0.3 is 0 Å². The first-order chi connectivity index (χ1) is 11.3. The van der Waals surface area contributed by atoms with Crippen LogP contribution in [0, 0.1) is 17.2 Å². The number of nitrogens with zero attached hydrogens (tertiary/aromatic N) is 2. The van der Waals surface area contributed by atoms with Gasteiger partial charge < -0.3 is 9.88 Å². The molecule has 3 nitrogen and oxygen atoms in total. The summed E-state index contributed by atoms with van der Waals surface area (Å²) in [5.74, 6) is 1.29. The maximum atomic E-state index is 9.11. The maximum Gasteiger partial charge on any atom is 0.0991 e. The SMILES string of the molecule is CN(CC1CC1c1c[nH]c2ccc(C#N)cc12)c1ccccc1. The summed E-state index contributed by atoms with van der Waals surface area (Å²) in [4.78, 5) is 5.68. The van der Waals surface area contributed by atoms with Crippen LogP contribution in [-0.2, 0) is 0 Å². The largest absolute Gasteiger partial charge is 0.374 e. The number of hydrogen-bond donors (Lipinski definition) is 1. The molecule has 0 saturated heterocycles. The molecule has 3 aromatic rings. The van der Waals surface area contributed by atoms with Crippen molar-refractivity contribution in [1.82, 2.24) is 4.98 Å². The normalized spacial score (nSPS) is 19.5. The van der Waals surface area contributed by atoms with Crippen molar-refractivity contribution in [3.63, 3.8) is 0 Å². The first-order valence-corrected chi connectivity index (χ1v) is 8.03. The molecule has 0 amide bonds. The van der Waals surface area contributed by atoms with Gasteiger partial charge in [0, 0.05) is 36.4 Å². The summed E-state index contributed by atoms with van der Waals surface area (Å²) in [6, 6.07) is 18.7. The number of hydrogen-bond acceptors (Lipinski definition) is 2. The zero-order valence-electron chi connectivity index (χ0n) is 13.2. The summed E-state index contributed by atoms with van der Waals surface area (Å²) in [6.07, 6.45) is 3.35. The first-order valence-electron chi connectivity index (χ1n) is 8.03. The number of anilines is 1. The number of fused-ring (bicyclic) bond motifs is 1. The Hall–Kier alpha value is -2.73. The topological polar surface area (TPSA) is 42.8 Å². The highest BCUT2D eigenvalue weighted by Gasteiger charge is 2.40. The summed E-state index contributed by atoms with van der Waals surface area (Å²) < 4.78 is 0. The Bertz CT molecular complexity index is 873. The van der Waals surface area contributed by atoms with Crippen LogP contribution >= 0.6 is 0 Å². The van der Waals surface area contributed by atoms with Crippen molar-refractivity contribution in [3.8, 4) is 6.07 Å². The summed E-state index contributed by atoms with van der Waals surface area (Å²) >= 11 is 0. The molecule has 23 heavy (non-hydrogen) atoms. The number of nitriles is 1. The molecule has 0 radical (unpaired) electrons. The quantitative estimate of drug-likeness (QED) is 0.781. The van der Waals surface area contributed by atoms with Crippen LogP contribution in [0.2, 0.25) is 0 Å². The molecule has 1 aliphatic carbocycles. The maximum absolute atomic E-state index is 9.11. The molecular formula is C20H19N3. The van der Waals surface area contributed by atoms with Crippen LogP contribution in [0.4, 0.5) is 5.69 Å². The fraction of sp³-hybridized carbons (Fsp3) is 0.250. The van der Waals surface area contributed by atoms with Crippen molar-refractivity contribution in [2.45, 2.75) is 12.3 Å². The molecule has 1 fully saturated rings. The number of para-hydroxylation sites is 1. The van der Waals surface area contributed by atoms with Gasteiger partial charge in [-0.15, -0.1) is 0 Å². The van der Waals surface area contributed by atoms with Crippen molar-refractivity contribution < 1.29 is 0 Å².